The van der Waals surface area contributed by atoms with Crippen LogP contribution >= 0.6 is 0 Å². The number of piperazine rings is 1. The molecule has 1 atom stereocenters. The van der Waals surface area contributed by atoms with Crippen LogP contribution in [0.2, 0.25) is 0 Å². The second-order valence-corrected chi connectivity index (χ2v) is 8.20. The molecule has 1 unspecified atom stereocenters. The number of likely N-dealkylation sites (tertiary alicyclic amines) is 1. The predicted molar refractivity (Wildman–Crippen MR) is 122 cm³/mol. The molecule has 2 aromatic rings. The summed E-state index contributed by atoms with van der Waals surface area (Å²) in [5.41, 5.74) is 1.74. The van der Waals surface area contributed by atoms with E-state index in [2.05, 4.69) is 5.32 Å². The summed E-state index contributed by atoms with van der Waals surface area (Å²) < 4.78 is 0. The molecule has 2 aliphatic heterocycles. The lowest BCUT2D eigenvalue weighted by Gasteiger charge is -2.35. The standard InChI is InChI=1S/C23H27N5O4/c1-17(29)25-11-13-26(14-12-25)21-8-7-18(15-22(21)28(31)32)23(30)27-10-9-20(16-27)24-19-5-3-2-4-6-19/h2-8,15,20,24H,9-14,16H2,1H3. The van der Waals surface area contributed by atoms with Crippen molar-refractivity contribution in [3.63, 3.8) is 0 Å². The van der Waals surface area contributed by atoms with Gasteiger partial charge in [0.05, 0.1) is 4.92 Å². The van der Waals surface area contributed by atoms with Crippen LogP contribution in [0, 0.1) is 10.1 Å². The van der Waals surface area contributed by atoms with Crippen molar-refractivity contribution in [3.8, 4) is 0 Å². The fourth-order valence-electron chi connectivity index (χ4n) is 4.35. The third-order valence-electron chi connectivity index (χ3n) is 6.10. The number of carbonyl (C=O) groups excluding carboxylic acids is 2. The molecule has 2 aromatic carbocycles. The summed E-state index contributed by atoms with van der Waals surface area (Å²) in [6.45, 7) is 4.77. The second-order valence-electron chi connectivity index (χ2n) is 8.20. The summed E-state index contributed by atoms with van der Waals surface area (Å²) in [4.78, 5) is 41.3. The van der Waals surface area contributed by atoms with Crippen LogP contribution in [0.5, 0.6) is 0 Å². The van der Waals surface area contributed by atoms with Gasteiger partial charge in [0.2, 0.25) is 5.91 Å². The summed E-state index contributed by atoms with van der Waals surface area (Å²) in [6.07, 6.45) is 0.821. The predicted octanol–water partition coefficient (Wildman–Crippen LogP) is 2.59. The molecule has 32 heavy (non-hydrogen) atoms. The highest BCUT2D eigenvalue weighted by molar-refractivity contribution is 5.96. The maximum Gasteiger partial charge on any atom is 0.293 e. The fraction of sp³-hybridized carbons (Fsp3) is 0.391. The molecular weight excluding hydrogens is 410 g/mol. The zero-order valence-electron chi connectivity index (χ0n) is 18.1. The van der Waals surface area contributed by atoms with Gasteiger partial charge in [-0.25, -0.2) is 0 Å². The molecule has 0 spiro atoms. The van der Waals surface area contributed by atoms with Gasteiger partial charge in [-0.05, 0) is 30.7 Å². The van der Waals surface area contributed by atoms with Crippen LogP contribution in [0.25, 0.3) is 0 Å². The monoisotopic (exact) mass is 437 g/mol. The smallest absolute Gasteiger partial charge is 0.293 e. The second kappa shape index (κ2) is 9.25. The maximum atomic E-state index is 13.0. The highest BCUT2D eigenvalue weighted by Gasteiger charge is 2.30. The Hall–Kier alpha value is -3.62. The van der Waals surface area contributed by atoms with Crippen molar-refractivity contribution in [2.45, 2.75) is 19.4 Å². The van der Waals surface area contributed by atoms with Gasteiger partial charge < -0.3 is 20.0 Å². The number of anilines is 2. The number of nitro benzene ring substituents is 1. The van der Waals surface area contributed by atoms with Crippen LogP contribution in [0.4, 0.5) is 17.1 Å². The zero-order valence-corrected chi connectivity index (χ0v) is 18.1. The average molecular weight is 438 g/mol. The van der Waals surface area contributed by atoms with Crippen molar-refractivity contribution in [3.05, 3.63) is 64.2 Å². The molecule has 9 heteroatoms. The number of nitrogens with zero attached hydrogens (tertiary/aromatic N) is 4. The lowest BCUT2D eigenvalue weighted by Crippen LogP contribution is -2.48. The van der Waals surface area contributed by atoms with Crippen molar-refractivity contribution < 1.29 is 14.5 Å². The van der Waals surface area contributed by atoms with Crippen molar-refractivity contribution in [2.75, 3.05) is 49.5 Å². The van der Waals surface area contributed by atoms with Crippen LogP contribution in [0.3, 0.4) is 0 Å². The van der Waals surface area contributed by atoms with E-state index in [4.69, 9.17) is 0 Å². The molecule has 4 rings (SSSR count). The quantitative estimate of drug-likeness (QED) is 0.570. The average Bonchev–Trinajstić information content (AvgIpc) is 3.27. The van der Waals surface area contributed by atoms with Gasteiger partial charge in [-0.2, -0.15) is 0 Å². The topological polar surface area (TPSA) is 99.0 Å². The Kier molecular flexibility index (Phi) is 6.25. The van der Waals surface area contributed by atoms with Crippen molar-refractivity contribution >= 4 is 28.9 Å². The molecule has 0 radical (unpaired) electrons. The Bertz CT molecular complexity index is 1000. The summed E-state index contributed by atoms with van der Waals surface area (Å²) >= 11 is 0. The molecule has 0 aliphatic carbocycles. The number of carbonyl (C=O) groups is 2. The van der Waals surface area contributed by atoms with E-state index in [1.54, 1.807) is 21.9 Å². The number of benzene rings is 2. The Morgan fingerprint density at radius 3 is 2.38 bits per heavy atom. The summed E-state index contributed by atoms with van der Waals surface area (Å²) in [6, 6.07) is 14.7. The summed E-state index contributed by atoms with van der Waals surface area (Å²) in [7, 11) is 0. The Labute approximate surface area is 186 Å². The van der Waals surface area contributed by atoms with Gasteiger partial charge in [-0.3, -0.25) is 19.7 Å². The van der Waals surface area contributed by atoms with Gasteiger partial charge in [0.15, 0.2) is 0 Å². The first-order valence-electron chi connectivity index (χ1n) is 10.8. The first-order chi connectivity index (χ1) is 15.4. The first kappa shape index (κ1) is 21.6. The number of hydrogen-bond acceptors (Lipinski definition) is 6. The van der Waals surface area contributed by atoms with Gasteiger partial charge >= 0.3 is 0 Å². The largest absolute Gasteiger partial charge is 0.380 e. The van der Waals surface area contributed by atoms with Gasteiger partial charge in [-0.1, -0.05) is 18.2 Å². The molecular formula is C23H27N5O4. The van der Waals surface area contributed by atoms with Gasteiger partial charge in [0, 0.05) is 69.6 Å². The minimum atomic E-state index is -0.437. The molecule has 0 bridgehead atoms. The van der Waals surface area contributed by atoms with E-state index in [0.717, 1.165) is 12.1 Å². The third kappa shape index (κ3) is 4.66. The number of rotatable bonds is 5. The fourth-order valence-corrected chi connectivity index (χ4v) is 4.35. The number of hydrogen-bond donors (Lipinski definition) is 1. The number of nitro groups is 1. The first-order valence-corrected chi connectivity index (χ1v) is 10.8. The molecule has 9 nitrogen and oxygen atoms in total. The molecule has 2 heterocycles. The van der Waals surface area contributed by atoms with Crippen molar-refractivity contribution in [2.24, 2.45) is 0 Å². The normalized spacial score (nSPS) is 18.5. The van der Waals surface area contributed by atoms with E-state index in [1.165, 1.54) is 13.0 Å². The van der Waals surface area contributed by atoms with Gasteiger partial charge in [0.25, 0.3) is 11.6 Å². The summed E-state index contributed by atoms with van der Waals surface area (Å²) in [5.74, 6) is -0.191. The van der Waals surface area contributed by atoms with Gasteiger partial charge in [-0.15, -0.1) is 0 Å². The SMILES string of the molecule is CC(=O)N1CCN(c2ccc(C(=O)N3CCC(Nc4ccccc4)C3)cc2[N+](=O)[O-])CC1. The molecule has 0 aromatic heterocycles. The molecule has 0 saturated carbocycles. The highest BCUT2D eigenvalue weighted by Crippen LogP contribution is 2.31. The molecule has 2 aliphatic rings. The van der Waals surface area contributed by atoms with E-state index >= 15 is 0 Å². The number of para-hydroxylation sites is 1. The highest BCUT2D eigenvalue weighted by atomic mass is 16.6. The van der Waals surface area contributed by atoms with E-state index in [9.17, 15) is 19.7 Å². The Morgan fingerprint density at radius 1 is 1.00 bits per heavy atom. The molecule has 2 fully saturated rings. The lowest BCUT2D eigenvalue weighted by molar-refractivity contribution is -0.384. The van der Waals surface area contributed by atoms with E-state index in [1.807, 2.05) is 35.2 Å². The van der Waals surface area contributed by atoms with Crippen LogP contribution in [0.1, 0.15) is 23.7 Å². The van der Waals surface area contributed by atoms with Crippen LogP contribution in [-0.2, 0) is 4.79 Å². The molecule has 1 N–H and O–H groups in total. The zero-order chi connectivity index (χ0) is 22.7. The van der Waals surface area contributed by atoms with E-state index in [-0.39, 0.29) is 23.5 Å². The van der Waals surface area contributed by atoms with Crippen molar-refractivity contribution in [1.29, 1.82) is 0 Å². The Balaban J connectivity index is 1.45. The Morgan fingerprint density at radius 2 is 1.72 bits per heavy atom. The van der Waals surface area contributed by atoms with Gasteiger partial charge in [0.1, 0.15) is 5.69 Å². The minimum Gasteiger partial charge on any atom is -0.380 e. The van der Waals surface area contributed by atoms with Crippen molar-refractivity contribution in [1.82, 2.24) is 9.80 Å². The lowest BCUT2D eigenvalue weighted by atomic mass is 10.1. The van der Waals surface area contributed by atoms with Crippen LogP contribution in [-0.4, -0.2) is 71.8 Å². The molecule has 168 valence electrons. The molecule has 2 saturated heterocycles. The summed E-state index contributed by atoms with van der Waals surface area (Å²) in [5, 5.41) is 15.2. The van der Waals surface area contributed by atoms with Crippen LogP contribution < -0.4 is 10.2 Å². The third-order valence-corrected chi connectivity index (χ3v) is 6.10. The van der Waals surface area contributed by atoms with E-state index < -0.39 is 4.92 Å². The number of amides is 2. The molecule has 2 amide bonds. The number of nitrogens with one attached hydrogen (secondary N) is 1. The van der Waals surface area contributed by atoms with E-state index in [0.29, 0.717) is 50.5 Å². The maximum absolute atomic E-state index is 13.0. The van der Waals surface area contributed by atoms with Crippen LogP contribution in [0.15, 0.2) is 48.5 Å². The minimum absolute atomic E-state index is 0.00534.